The van der Waals surface area contributed by atoms with E-state index in [4.69, 9.17) is 0 Å². The van der Waals surface area contributed by atoms with E-state index in [0.717, 1.165) is 11.6 Å². The Morgan fingerprint density at radius 2 is 1.83 bits per heavy atom. The molecule has 2 aromatic rings. The second-order valence-corrected chi connectivity index (χ2v) is 8.36. The van der Waals surface area contributed by atoms with Crippen LogP contribution in [-0.4, -0.2) is 12.3 Å². The molecule has 0 radical (unpaired) electrons. The van der Waals surface area contributed by atoms with Crippen LogP contribution in [0, 0.1) is 18.3 Å². The average molecular weight is 528 g/mol. The maximum atomic E-state index is 2.61. The van der Waals surface area contributed by atoms with Crippen molar-refractivity contribution in [2.75, 3.05) is 6.66 Å². The molecule has 0 aliphatic heterocycles. The summed E-state index contributed by atoms with van der Waals surface area (Å²) in [5.41, 5.74) is 0.768. The van der Waals surface area contributed by atoms with Crippen LogP contribution in [0.5, 0.6) is 0 Å². The van der Waals surface area contributed by atoms with Gasteiger partial charge < -0.3 is 31.2 Å². The van der Waals surface area contributed by atoms with Crippen LogP contribution in [0.25, 0.3) is 10.8 Å². The minimum absolute atomic E-state index is 0. The molecular formula is C19H19Cl2HfP. The van der Waals surface area contributed by atoms with Crippen molar-refractivity contribution in [2.45, 2.75) is 12.1 Å². The second kappa shape index (κ2) is 9.05. The summed E-state index contributed by atoms with van der Waals surface area (Å²) in [6.45, 7) is 2.45. The molecule has 4 atom stereocenters. The van der Waals surface area contributed by atoms with Gasteiger partial charge in [0.1, 0.15) is 0 Å². The molecular weight excluding hydrogens is 509 g/mol. The predicted octanol–water partition coefficient (Wildman–Crippen LogP) is -1.36. The molecule has 0 heterocycles. The van der Waals surface area contributed by atoms with Crippen LogP contribution in [0.4, 0.5) is 0 Å². The molecule has 0 saturated heterocycles. The van der Waals surface area contributed by atoms with E-state index in [1.54, 1.807) is 5.30 Å². The number of hydrogen-bond donors (Lipinski definition) is 0. The van der Waals surface area contributed by atoms with Crippen LogP contribution < -0.4 is 30.1 Å². The normalized spacial score (nSPS) is 25.9. The molecule has 1 fully saturated rings. The Bertz CT molecular complexity index is 638. The third-order valence-corrected chi connectivity index (χ3v) is 7.21. The summed E-state index contributed by atoms with van der Waals surface area (Å²) in [4.78, 5) is 0. The van der Waals surface area contributed by atoms with Crippen LogP contribution in [-0.2, 0) is 25.8 Å². The molecule has 0 N–H and O–H groups in total. The molecule has 4 rings (SSSR count). The number of allylic oxidation sites excluding steroid dienone is 4. The Labute approximate surface area is 171 Å². The Hall–Kier alpha value is 0.190. The fourth-order valence-corrected chi connectivity index (χ4v) is 5.63. The summed E-state index contributed by atoms with van der Waals surface area (Å²) >= 11 is 0. The zero-order chi connectivity index (χ0) is 13.5. The zero-order valence-electron chi connectivity index (χ0n) is 13.0. The van der Waals surface area contributed by atoms with Crippen molar-refractivity contribution >= 4 is 24.0 Å². The predicted molar refractivity (Wildman–Crippen MR) is 90.0 cm³/mol. The summed E-state index contributed by atoms with van der Waals surface area (Å²) < 4.78 is 0. The van der Waals surface area contributed by atoms with Gasteiger partial charge in [-0.2, -0.15) is 6.07 Å². The minimum Gasteiger partial charge on any atom is -1.00 e. The average Bonchev–Trinajstić information content (AvgIpc) is 3.10. The zero-order valence-corrected chi connectivity index (χ0v) is 19.0. The summed E-state index contributed by atoms with van der Waals surface area (Å²) in [6.07, 6.45) is 13.1. The van der Waals surface area contributed by atoms with E-state index in [1.807, 2.05) is 0 Å². The summed E-state index contributed by atoms with van der Waals surface area (Å²) in [6, 6.07) is 13.5. The fraction of sp³-hybridized carbons (Fsp3) is 0.263. The van der Waals surface area contributed by atoms with E-state index in [1.165, 1.54) is 17.2 Å². The van der Waals surface area contributed by atoms with Crippen molar-refractivity contribution in [1.29, 1.82) is 0 Å². The summed E-state index contributed by atoms with van der Waals surface area (Å²) in [7, 11) is -0.0838. The molecule has 4 heteroatoms. The van der Waals surface area contributed by atoms with E-state index >= 15 is 0 Å². The number of rotatable bonds is 2. The maximum Gasteiger partial charge on any atom is 4.00 e. The maximum absolute atomic E-state index is 2.61. The van der Waals surface area contributed by atoms with Crippen LogP contribution in [0.15, 0.2) is 60.7 Å². The molecule has 0 nitrogen and oxygen atoms in total. The first-order valence-corrected chi connectivity index (χ1v) is 9.25. The first-order chi connectivity index (χ1) is 9.81. The number of hydrogen-bond acceptors (Lipinski definition) is 0. The van der Waals surface area contributed by atoms with Gasteiger partial charge >= 0.3 is 25.8 Å². The van der Waals surface area contributed by atoms with Crippen molar-refractivity contribution in [1.82, 2.24) is 0 Å². The molecule has 118 valence electrons. The van der Waals surface area contributed by atoms with Crippen molar-refractivity contribution in [2.24, 2.45) is 11.8 Å². The third-order valence-electron chi connectivity index (χ3n) is 4.76. The first kappa shape index (κ1) is 21.2. The van der Waals surface area contributed by atoms with Crippen molar-refractivity contribution in [3.05, 3.63) is 67.1 Å². The fourth-order valence-electron chi connectivity index (χ4n) is 3.54. The van der Waals surface area contributed by atoms with Crippen molar-refractivity contribution in [3.8, 4) is 0 Å². The molecule has 23 heavy (non-hydrogen) atoms. The minimum atomic E-state index is -0.0838. The van der Waals surface area contributed by atoms with Gasteiger partial charge in [0, 0.05) is 0 Å². The summed E-state index contributed by atoms with van der Waals surface area (Å²) in [5, 5.41) is 4.35. The van der Waals surface area contributed by atoms with Gasteiger partial charge in [-0.25, -0.2) is 0 Å². The third kappa shape index (κ3) is 4.24. The molecule has 0 bridgehead atoms. The van der Waals surface area contributed by atoms with E-state index in [9.17, 15) is 0 Å². The van der Waals surface area contributed by atoms with E-state index in [2.05, 4.69) is 73.8 Å². The van der Waals surface area contributed by atoms with Gasteiger partial charge in [0.25, 0.3) is 0 Å². The smallest absolute Gasteiger partial charge is 1.00 e. The molecule has 0 aromatic heterocycles. The van der Waals surface area contributed by atoms with Crippen molar-refractivity contribution in [3.63, 3.8) is 0 Å². The van der Waals surface area contributed by atoms with Crippen molar-refractivity contribution < 1.29 is 50.7 Å². The van der Waals surface area contributed by atoms with Crippen LogP contribution in [0.3, 0.4) is 0 Å². The molecule has 1 saturated carbocycles. The quantitative estimate of drug-likeness (QED) is 0.257. The largest absolute Gasteiger partial charge is 4.00 e. The van der Waals surface area contributed by atoms with Gasteiger partial charge in [-0.1, -0.05) is 30.7 Å². The van der Waals surface area contributed by atoms with Gasteiger partial charge in [-0.05, 0) is 12.6 Å². The number of fused-ring (bicyclic) bond motifs is 2. The van der Waals surface area contributed by atoms with Gasteiger partial charge in [0.05, 0.1) is 0 Å². The second-order valence-electron chi connectivity index (χ2n) is 5.96. The molecule has 4 unspecified atom stereocenters. The van der Waals surface area contributed by atoms with Gasteiger partial charge in [0.2, 0.25) is 0 Å². The van der Waals surface area contributed by atoms with Crippen LogP contribution in [0.2, 0.25) is 0 Å². The monoisotopic (exact) mass is 528 g/mol. The summed E-state index contributed by atoms with van der Waals surface area (Å²) in [5.74, 6) is 1.43. The van der Waals surface area contributed by atoms with E-state index in [-0.39, 0.29) is 58.6 Å². The standard InChI is InChI=1S/C19H19P.2ClH.Hf/c1-20(18-10-14-6-2-3-7-15(14)11-18)19-12-16-8-4-5-9-17(16)13-19;;;/h2-12,16-17,19H,13H2,1H3;2*1H;/q-2;;;+4/p-2. The molecule has 0 spiro atoms. The number of halogens is 2. The van der Waals surface area contributed by atoms with Gasteiger partial charge in [-0.3, -0.25) is 0 Å². The van der Waals surface area contributed by atoms with Crippen LogP contribution >= 0.6 is 7.92 Å². The molecule has 2 aliphatic rings. The Kier molecular flexibility index (Phi) is 8.35. The SMILES string of the molecule is CP(c1cc2ccccc2[cH-]1)C1[CH-]C2C=CC=CC2C1.[Cl-].[Cl-].[Hf+4]. The molecule has 2 aliphatic carbocycles. The van der Waals surface area contributed by atoms with Crippen LogP contribution in [0.1, 0.15) is 6.42 Å². The molecule has 2 aromatic carbocycles. The van der Waals surface area contributed by atoms with E-state index < -0.39 is 0 Å². The Balaban J connectivity index is 0.000000882. The Morgan fingerprint density at radius 3 is 2.57 bits per heavy atom. The number of benzene rings is 1. The van der Waals surface area contributed by atoms with Gasteiger partial charge in [-0.15, -0.1) is 65.9 Å². The Morgan fingerprint density at radius 1 is 1.09 bits per heavy atom. The van der Waals surface area contributed by atoms with Gasteiger partial charge in [0.15, 0.2) is 0 Å². The molecule has 0 amide bonds. The van der Waals surface area contributed by atoms with E-state index in [0.29, 0.717) is 5.92 Å². The topological polar surface area (TPSA) is 0 Å². The first-order valence-electron chi connectivity index (χ1n) is 7.39.